The highest BCUT2D eigenvalue weighted by Gasteiger charge is 2.22. The standard InChI is InChI=1S/C12H12BrN3O5S3/c1-20-8-4-3-7(13)5-9(8)24(18,19)16-11-14-15-12(23-11)22-6-10(17)21-2/h3-5H,6H2,1-2H3,(H,14,16). The van der Waals surface area contributed by atoms with Crippen LogP contribution >= 0.6 is 39.0 Å². The Bertz CT molecular complexity index is 840. The van der Waals surface area contributed by atoms with Crippen molar-refractivity contribution in [1.29, 1.82) is 0 Å². The number of benzene rings is 1. The van der Waals surface area contributed by atoms with Crippen LogP contribution in [0.25, 0.3) is 0 Å². The molecule has 0 bridgehead atoms. The number of nitrogens with zero attached hydrogens (tertiary/aromatic N) is 2. The molecular weight excluding hydrogens is 442 g/mol. The number of ether oxygens (including phenoxy) is 2. The van der Waals surface area contributed by atoms with Gasteiger partial charge in [-0.1, -0.05) is 39.0 Å². The molecule has 12 heteroatoms. The van der Waals surface area contributed by atoms with Crippen molar-refractivity contribution < 1.29 is 22.7 Å². The molecular formula is C12H12BrN3O5S3. The van der Waals surface area contributed by atoms with E-state index in [-0.39, 0.29) is 21.5 Å². The Kier molecular flexibility index (Phi) is 6.43. The van der Waals surface area contributed by atoms with E-state index in [1.807, 2.05) is 0 Å². The average Bonchev–Trinajstić information content (AvgIpc) is 2.99. The molecule has 24 heavy (non-hydrogen) atoms. The second kappa shape index (κ2) is 8.14. The summed E-state index contributed by atoms with van der Waals surface area (Å²) < 4.78 is 38.0. The molecule has 0 aliphatic carbocycles. The number of nitrogens with one attached hydrogen (secondary N) is 1. The highest BCUT2D eigenvalue weighted by molar-refractivity contribution is 9.10. The Labute approximate surface area is 155 Å². The lowest BCUT2D eigenvalue weighted by atomic mass is 10.3. The van der Waals surface area contributed by atoms with Crippen molar-refractivity contribution in [2.45, 2.75) is 9.24 Å². The lowest BCUT2D eigenvalue weighted by Gasteiger charge is -2.09. The Hall–Kier alpha value is -1.37. The molecule has 2 aromatic rings. The fourth-order valence-electron chi connectivity index (χ4n) is 1.52. The minimum absolute atomic E-state index is 0.0293. The topological polar surface area (TPSA) is 107 Å². The van der Waals surface area contributed by atoms with Crippen LogP contribution in [0.4, 0.5) is 5.13 Å². The first kappa shape index (κ1) is 19.0. The summed E-state index contributed by atoms with van der Waals surface area (Å²) in [5.41, 5.74) is 0. The van der Waals surface area contributed by atoms with Crippen molar-refractivity contribution in [3.05, 3.63) is 22.7 Å². The first-order chi connectivity index (χ1) is 11.4. The largest absolute Gasteiger partial charge is 0.495 e. The predicted molar refractivity (Wildman–Crippen MR) is 94.2 cm³/mol. The van der Waals surface area contributed by atoms with Crippen LogP contribution in [-0.4, -0.2) is 44.6 Å². The molecule has 1 aromatic heterocycles. The number of carbonyl (C=O) groups excluding carboxylic acids is 1. The van der Waals surface area contributed by atoms with Crippen molar-refractivity contribution >= 4 is 60.2 Å². The molecule has 0 atom stereocenters. The normalized spacial score (nSPS) is 11.1. The van der Waals surface area contributed by atoms with Crippen LogP contribution in [-0.2, 0) is 19.6 Å². The molecule has 0 fully saturated rings. The zero-order valence-corrected chi connectivity index (χ0v) is 16.5. The van der Waals surface area contributed by atoms with Crippen molar-refractivity contribution in [2.75, 3.05) is 24.7 Å². The zero-order valence-electron chi connectivity index (χ0n) is 12.5. The van der Waals surface area contributed by atoms with Gasteiger partial charge in [-0.25, -0.2) is 8.42 Å². The zero-order chi connectivity index (χ0) is 17.7. The van der Waals surface area contributed by atoms with Crippen LogP contribution < -0.4 is 9.46 Å². The third-order valence-electron chi connectivity index (χ3n) is 2.58. The molecule has 0 unspecified atom stereocenters. The van der Waals surface area contributed by atoms with Crippen LogP contribution in [0, 0.1) is 0 Å². The average molecular weight is 454 g/mol. The van der Waals surface area contributed by atoms with Crippen LogP contribution in [0.3, 0.4) is 0 Å². The fraction of sp³-hybridized carbons (Fsp3) is 0.250. The Balaban J connectivity index is 2.17. The van der Waals surface area contributed by atoms with Gasteiger partial charge in [0.25, 0.3) is 10.0 Å². The number of esters is 1. The van der Waals surface area contributed by atoms with E-state index in [9.17, 15) is 13.2 Å². The quantitative estimate of drug-likeness (QED) is 0.502. The Morgan fingerprint density at radius 2 is 2.12 bits per heavy atom. The first-order valence-electron chi connectivity index (χ1n) is 6.25. The summed E-state index contributed by atoms with van der Waals surface area (Å²) in [7, 11) is -1.23. The van der Waals surface area contributed by atoms with Gasteiger partial charge in [-0.15, -0.1) is 10.2 Å². The number of hydrogen-bond donors (Lipinski definition) is 1. The second-order valence-electron chi connectivity index (χ2n) is 4.14. The predicted octanol–water partition coefficient (Wildman–Crippen LogP) is 2.38. The lowest BCUT2D eigenvalue weighted by molar-refractivity contribution is -0.137. The number of carbonyl (C=O) groups is 1. The van der Waals surface area contributed by atoms with Crippen molar-refractivity contribution in [3.8, 4) is 5.75 Å². The number of halogens is 1. The summed E-state index contributed by atoms with van der Waals surface area (Å²) >= 11 is 5.35. The minimum Gasteiger partial charge on any atom is -0.495 e. The van der Waals surface area contributed by atoms with E-state index in [1.165, 1.54) is 26.4 Å². The maximum atomic E-state index is 12.5. The maximum Gasteiger partial charge on any atom is 0.316 e. The van der Waals surface area contributed by atoms with E-state index in [1.54, 1.807) is 6.07 Å². The number of anilines is 1. The van der Waals surface area contributed by atoms with Crippen LogP contribution in [0.15, 0.2) is 31.9 Å². The number of sulfonamides is 1. The Morgan fingerprint density at radius 3 is 2.79 bits per heavy atom. The SMILES string of the molecule is COC(=O)CSc1nnc(NS(=O)(=O)c2cc(Br)ccc2OC)s1. The van der Waals surface area contributed by atoms with Gasteiger partial charge in [-0.3, -0.25) is 9.52 Å². The number of rotatable bonds is 7. The number of hydrogen-bond acceptors (Lipinski definition) is 9. The summed E-state index contributed by atoms with van der Waals surface area (Å²) in [5, 5.41) is 7.67. The third-order valence-corrected chi connectivity index (χ3v) is 6.51. The highest BCUT2D eigenvalue weighted by atomic mass is 79.9. The molecule has 2 rings (SSSR count). The summed E-state index contributed by atoms with van der Waals surface area (Å²) in [6.45, 7) is 0. The minimum atomic E-state index is -3.90. The van der Waals surface area contributed by atoms with Crippen molar-refractivity contribution in [3.63, 3.8) is 0 Å². The first-order valence-corrected chi connectivity index (χ1v) is 10.3. The van der Waals surface area contributed by atoms with E-state index >= 15 is 0 Å². The molecule has 1 heterocycles. The molecule has 8 nitrogen and oxygen atoms in total. The van der Waals surface area contributed by atoms with Crippen molar-refractivity contribution in [2.24, 2.45) is 0 Å². The van der Waals surface area contributed by atoms with Crippen LogP contribution in [0.5, 0.6) is 5.75 Å². The molecule has 0 radical (unpaired) electrons. The van der Waals surface area contributed by atoms with Crippen LogP contribution in [0.1, 0.15) is 0 Å². The summed E-state index contributed by atoms with van der Waals surface area (Å²) in [6, 6.07) is 4.63. The molecule has 130 valence electrons. The maximum absolute atomic E-state index is 12.5. The van der Waals surface area contributed by atoms with Gasteiger partial charge in [0.2, 0.25) is 5.13 Å². The highest BCUT2D eigenvalue weighted by Crippen LogP contribution is 2.31. The van der Waals surface area contributed by atoms with Gasteiger partial charge >= 0.3 is 5.97 Å². The number of methoxy groups -OCH3 is 2. The molecule has 0 aliphatic rings. The van der Waals surface area contributed by atoms with Gasteiger partial charge < -0.3 is 9.47 Å². The number of aromatic nitrogens is 2. The van der Waals surface area contributed by atoms with E-state index < -0.39 is 16.0 Å². The second-order valence-corrected chi connectivity index (χ2v) is 8.91. The van der Waals surface area contributed by atoms with E-state index in [2.05, 4.69) is 35.6 Å². The van der Waals surface area contributed by atoms with Crippen LogP contribution in [0.2, 0.25) is 0 Å². The van der Waals surface area contributed by atoms with Gasteiger partial charge in [0.15, 0.2) is 4.34 Å². The molecule has 0 aliphatic heterocycles. The number of thioether (sulfide) groups is 1. The molecule has 0 saturated carbocycles. The smallest absolute Gasteiger partial charge is 0.316 e. The molecule has 0 spiro atoms. The van der Waals surface area contributed by atoms with Gasteiger partial charge in [-0.05, 0) is 18.2 Å². The van der Waals surface area contributed by atoms with Gasteiger partial charge in [0, 0.05) is 4.47 Å². The van der Waals surface area contributed by atoms with E-state index in [0.29, 0.717) is 8.81 Å². The van der Waals surface area contributed by atoms with Gasteiger partial charge in [-0.2, -0.15) is 0 Å². The van der Waals surface area contributed by atoms with Gasteiger partial charge in [0.05, 0.1) is 20.0 Å². The van der Waals surface area contributed by atoms with Gasteiger partial charge in [0.1, 0.15) is 10.6 Å². The van der Waals surface area contributed by atoms with E-state index in [4.69, 9.17) is 4.74 Å². The lowest BCUT2D eigenvalue weighted by Crippen LogP contribution is -2.14. The van der Waals surface area contributed by atoms with Crippen molar-refractivity contribution in [1.82, 2.24) is 10.2 Å². The summed E-state index contributed by atoms with van der Waals surface area (Å²) in [4.78, 5) is 11.1. The van der Waals surface area contributed by atoms with E-state index in [0.717, 1.165) is 23.1 Å². The molecule has 0 amide bonds. The molecule has 0 saturated heterocycles. The Morgan fingerprint density at radius 1 is 1.38 bits per heavy atom. The third kappa shape index (κ3) is 4.82. The summed E-state index contributed by atoms with van der Waals surface area (Å²) in [5.74, 6) is -0.135. The molecule has 1 N–H and O–H groups in total. The summed E-state index contributed by atoms with van der Waals surface area (Å²) in [6.07, 6.45) is 0. The fourth-order valence-corrected chi connectivity index (χ4v) is 5.04. The molecule has 1 aromatic carbocycles. The monoisotopic (exact) mass is 453 g/mol.